The van der Waals surface area contributed by atoms with Crippen LogP contribution in [-0.2, 0) is 0 Å². The summed E-state index contributed by atoms with van der Waals surface area (Å²) in [5.74, 6) is 4.36. The number of amides is 1. The fraction of sp³-hybridized carbons (Fsp3) is 0. The second-order valence-electron chi connectivity index (χ2n) is 1.34. The van der Waals surface area contributed by atoms with Crippen LogP contribution < -0.4 is 11.3 Å². The van der Waals surface area contributed by atoms with Crippen LogP contribution in [0.15, 0.2) is 6.20 Å². The van der Waals surface area contributed by atoms with Gasteiger partial charge in [-0.1, -0.05) is 5.21 Å². The Hall–Kier alpha value is -1.43. The Morgan fingerprint density at radius 3 is 3.11 bits per heavy atom. The van der Waals surface area contributed by atoms with Crippen molar-refractivity contribution in [2.75, 3.05) is 0 Å². The van der Waals surface area contributed by atoms with E-state index in [4.69, 9.17) is 5.84 Å². The van der Waals surface area contributed by atoms with Crippen LogP contribution in [0.4, 0.5) is 0 Å². The van der Waals surface area contributed by atoms with Crippen molar-refractivity contribution in [1.29, 1.82) is 0 Å². The number of rotatable bonds is 1. The summed E-state index contributed by atoms with van der Waals surface area (Å²) in [6.45, 7) is 0. The highest BCUT2D eigenvalue weighted by atomic mass is 16.2. The Morgan fingerprint density at radius 1 is 1.89 bits per heavy atom. The quantitative estimate of drug-likeness (QED) is 0.240. The maximum atomic E-state index is 10.5. The van der Waals surface area contributed by atoms with E-state index in [0.29, 0.717) is 0 Å². The molecule has 6 nitrogen and oxygen atoms in total. The van der Waals surface area contributed by atoms with Crippen molar-refractivity contribution in [2.24, 2.45) is 5.84 Å². The minimum absolute atomic E-state index is 0.248. The molecule has 1 rings (SSSR count). The number of nitrogen functional groups attached to an aromatic ring is 1. The normalized spacial score (nSPS) is 9.00. The predicted molar refractivity (Wildman–Crippen MR) is 28.0 cm³/mol. The molecule has 0 aliphatic carbocycles. The van der Waals surface area contributed by atoms with Gasteiger partial charge in [0.2, 0.25) is 0 Å². The first-order chi connectivity index (χ1) is 4.34. The molecule has 9 heavy (non-hydrogen) atoms. The molecule has 0 fully saturated rings. The molecular formula is C3H5N5O. The predicted octanol–water partition coefficient (Wildman–Crippen LogP) is -1.59. The first kappa shape index (κ1) is 5.70. The average Bonchev–Trinajstić information content (AvgIpc) is 2.37. The largest absolute Gasteiger partial charge is 0.289 e. The van der Waals surface area contributed by atoms with Crippen molar-refractivity contribution in [2.45, 2.75) is 0 Å². The van der Waals surface area contributed by atoms with Crippen LogP contribution in [0, 0.1) is 0 Å². The van der Waals surface area contributed by atoms with Crippen LogP contribution in [0.3, 0.4) is 0 Å². The molecule has 1 heterocycles. The number of aromatic amines is 1. The zero-order valence-corrected chi connectivity index (χ0v) is 4.46. The Morgan fingerprint density at radius 2 is 2.67 bits per heavy atom. The van der Waals surface area contributed by atoms with Gasteiger partial charge in [-0.05, 0) is 0 Å². The number of carbonyl (C=O) groups excluding carboxylic acids is 1. The molecule has 1 aromatic heterocycles. The zero-order valence-electron chi connectivity index (χ0n) is 4.46. The molecule has 0 spiro atoms. The van der Waals surface area contributed by atoms with Gasteiger partial charge in [-0.3, -0.25) is 15.3 Å². The van der Waals surface area contributed by atoms with Gasteiger partial charge in [0.25, 0.3) is 5.91 Å². The van der Waals surface area contributed by atoms with Gasteiger partial charge in [0.1, 0.15) is 5.69 Å². The lowest BCUT2D eigenvalue weighted by Crippen LogP contribution is -2.30. The summed E-state index contributed by atoms with van der Waals surface area (Å²) < 4.78 is 0. The van der Waals surface area contributed by atoms with Gasteiger partial charge in [0.15, 0.2) is 0 Å². The third-order valence-corrected chi connectivity index (χ3v) is 0.791. The molecule has 0 aliphatic rings. The number of nitrogens with zero attached hydrogens (tertiary/aromatic N) is 2. The molecule has 0 aromatic carbocycles. The number of hydrogen-bond acceptors (Lipinski definition) is 4. The van der Waals surface area contributed by atoms with Crippen LogP contribution >= 0.6 is 0 Å². The second kappa shape index (κ2) is 2.23. The molecule has 0 atom stereocenters. The van der Waals surface area contributed by atoms with Gasteiger partial charge in [0, 0.05) is 0 Å². The zero-order chi connectivity index (χ0) is 6.69. The monoisotopic (exact) mass is 127 g/mol. The van der Waals surface area contributed by atoms with E-state index in [0.717, 1.165) is 0 Å². The molecule has 0 radical (unpaired) electrons. The number of carbonyl (C=O) groups is 1. The van der Waals surface area contributed by atoms with Gasteiger partial charge in [-0.15, -0.1) is 5.10 Å². The average molecular weight is 127 g/mol. The summed E-state index contributed by atoms with van der Waals surface area (Å²) in [5.41, 5.74) is 2.16. The highest BCUT2D eigenvalue weighted by Gasteiger charge is 2.02. The Bertz CT molecular complexity index is 192. The highest BCUT2D eigenvalue weighted by molar-refractivity contribution is 5.91. The summed E-state index contributed by atoms with van der Waals surface area (Å²) >= 11 is 0. The number of nitrogens with two attached hydrogens (primary N) is 1. The molecule has 1 amide bonds. The summed E-state index contributed by atoms with van der Waals surface area (Å²) in [4.78, 5) is 10.5. The van der Waals surface area contributed by atoms with Gasteiger partial charge in [-0.25, -0.2) is 5.84 Å². The molecule has 1 aromatic rings. The smallest absolute Gasteiger partial charge is 0.284 e. The molecule has 6 heteroatoms. The van der Waals surface area contributed by atoms with Crippen LogP contribution in [-0.4, -0.2) is 21.3 Å². The summed E-state index contributed by atoms with van der Waals surface area (Å²) in [7, 11) is 0. The van der Waals surface area contributed by atoms with E-state index in [9.17, 15) is 4.79 Å². The fourth-order valence-electron chi connectivity index (χ4n) is 0.385. The van der Waals surface area contributed by atoms with E-state index in [1.54, 1.807) is 0 Å². The van der Waals surface area contributed by atoms with Crippen molar-refractivity contribution in [3.8, 4) is 0 Å². The van der Waals surface area contributed by atoms with E-state index in [1.165, 1.54) is 6.20 Å². The van der Waals surface area contributed by atoms with Crippen molar-refractivity contribution in [1.82, 2.24) is 20.8 Å². The number of nitrogens with one attached hydrogen (secondary N) is 2. The molecule has 0 saturated heterocycles. The molecule has 0 bridgehead atoms. The summed E-state index contributed by atoms with van der Waals surface area (Å²) in [5, 5.41) is 9.00. The van der Waals surface area contributed by atoms with Crippen molar-refractivity contribution in [3.63, 3.8) is 0 Å². The van der Waals surface area contributed by atoms with Gasteiger partial charge in [0.05, 0.1) is 6.20 Å². The molecule has 0 unspecified atom stereocenters. The standard InChI is InChI=1S/C3H5N5O/c4-6-3(9)2-1-5-8-7-2/h1H,4H2,(H,6,9)(H,5,7,8). The topological polar surface area (TPSA) is 96.7 Å². The van der Waals surface area contributed by atoms with Crippen molar-refractivity contribution in [3.05, 3.63) is 11.9 Å². The van der Waals surface area contributed by atoms with Crippen molar-refractivity contribution >= 4 is 5.91 Å². The highest BCUT2D eigenvalue weighted by Crippen LogP contribution is 1.84. The van der Waals surface area contributed by atoms with E-state index in [2.05, 4.69) is 15.4 Å². The van der Waals surface area contributed by atoms with E-state index in [1.807, 2.05) is 5.43 Å². The fourth-order valence-corrected chi connectivity index (χ4v) is 0.385. The maximum Gasteiger partial charge on any atom is 0.284 e. The second-order valence-corrected chi connectivity index (χ2v) is 1.34. The Kier molecular flexibility index (Phi) is 1.41. The lowest BCUT2D eigenvalue weighted by Gasteiger charge is -1.89. The van der Waals surface area contributed by atoms with Gasteiger partial charge >= 0.3 is 0 Å². The first-order valence-corrected chi connectivity index (χ1v) is 2.21. The Labute approximate surface area is 50.4 Å². The van der Waals surface area contributed by atoms with E-state index in [-0.39, 0.29) is 5.69 Å². The van der Waals surface area contributed by atoms with Gasteiger partial charge < -0.3 is 0 Å². The maximum absolute atomic E-state index is 10.5. The number of hydrazine groups is 1. The minimum atomic E-state index is -0.431. The lowest BCUT2D eigenvalue weighted by atomic mass is 10.5. The molecule has 0 aliphatic heterocycles. The number of hydrogen-bond donors (Lipinski definition) is 3. The number of aromatic nitrogens is 3. The SMILES string of the molecule is NNC(=O)c1cnn[nH]1. The van der Waals surface area contributed by atoms with Crippen molar-refractivity contribution < 1.29 is 4.79 Å². The number of H-pyrrole nitrogens is 1. The van der Waals surface area contributed by atoms with E-state index < -0.39 is 5.91 Å². The summed E-state index contributed by atoms with van der Waals surface area (Å²) in [6.07, 6.45) is 1.28. The minimum Gasteiger partial charge on any atom is -0.289 e. The first-order valence-electron chi connectivity index (χ1n) is 2.21. The molecule has 48 valence electrons. The summed E-state index contributed by atoms with van der Waals surface area (Å²) in [6, 6.07) is 0. The Balaban J connectivity index is 2.77. The lowest BCUT2D eigenvalue weighted by molar-refractivity contribution is 0.0948. The third-order valence-electron chi connectivity index (χ3n) is 0.791. The van der Waals surface area contributed by atoms with Crippen LogP contribution in [0.25, 0.3) is 0 Å². The van der Waals surface area contributed by atoms with Crippen LogP contribution in [0.2, 0.25) is 0 Å². The van der Waals surface area contributed by atoms with Gasteiger partial charge in [-0.2, -0.15) is 0 Å². The molecular weight excluding hydrogens is 122 g/mol. The van der Waals surface area contributed by atoms with Crippen LogP contribution in [0.5, 0.6) is 0 Å². The molecule has 4 N–H and O–H groups in total. The molecule has 0 saturated carbocycles. The third kappa shape index (κ3) is 1.03. The van der Waals surface area contributed by atoms with Crippen LogP contribution in [0.1, 0.15) is 10.5 Å². The van der Waals surface area contributed by atoms with E-state index >= 15 is 0 Å².